The van der Waals surface area contributed by atoms with E-state index in [0.717, 1.165) is 10.8 Å². The molecule has 0 fully saturated rings. The molecule has 0 spiro atoms. The number of benzene rings is 3. The molecule has 3 aromatic rings. The van der Waals surface area contributed by atoms with Gasteiger partial charge in [0.15, 0.2) is 0 Å². The summed E-state index contributed by atoms with van der Waals surface area (Å²) in [7, 11) is -4.00. The number of hydrogen-bond acceptors (Lipinski definition) is 4. The van der Waals surface area contributed by atoms with Crippen molar-refractivity contribution in [1.29, 1.82) is 5.26 Å². The van der Waals surface area contributed by atoms with Crippen molar-refractivity contribution in [3.05, 3.63) is 77.9 Å². The highest BCUT2D eigenvalue weighted by Gasteiger charge is 2.38. The Balaban J connectivity index is 1.97. The molecule has 148 valence electrons. The molecule has 0 bridgehead atoms. The number of carbonyl (C=O) groups excluding carboxylic acids is 1. The first-order chi connectivity index (χ1) is 13.6. The molecule has 0 saturated carbocycles. The lowest BCUT2D eigenvalue weighted by atomic mass is 9.77. The molecule has 29 heavy (non-hydrogen) atoms. The van der Waals surface area contributed by atoms with E-state index in [-0.39, 0.29) is 4.90 Å². The number of amides is 1. The Morgan fingerprint density at radius 1 is 1.03 bits per heavy atom. The number of nitrogens with one attached hydrogen (secondary N) is 1. The van der Waals surface area contributed by atoms with Crippen LogP contribution in [-0.2, 0) is 20.2 Å². The van der Waals surface area contributed by atoms with Crippen LogP contribution in [0.2, 0.25) is 0 Å². The number of nitrogens with zero attached hydrogens (tertiary/aromatic N) is 1. The number of hydrogen-bond donors (Lipinski definition) is 2. The van der Waals surface area contributed by atoms with Crippen LogP contribution in [0.4, 0.5) is 0 Å². The number of sulfonamides is 1. The normalized spacial score (nSPS) is 13.0. The van der Waals surface area contributed by atoms with Gasteiger partial charge in [-0.1, -0.05) is 56.3 Å². The zero-order chi connectivity index (χ0) is 21.2. The van der Waals surface area contributed by atoms with E-state index in [2.05, 4.69) is 4.72 Å². The molecule has 1 unspecified atom stereocenters. The van der Waals surface area contributed by atoms with E-state index in [4.69, 9.17) is 11.0 Å². The predicted molar refractivity (Wildman–Crippen MR) is 111 cm³/mol. The maximum atomic E-state index is 13.0. The van der Waals surface area contributed by atoms with E-state index < -0.39 is 27.4 Å². The van der Waals surface area contributed by atoms with Crippen LogP contribution in [0.1, 0.15) is 25.0 Å². The highest BCUT2D eigenvalue weighted by molar-refractivity contribution is 7.89. The quantitative estimate of drug-likeness (QED) is 0.654. The molecule has 0 saturated heterocycles. The molecule has 0 aromatic heterocycles. The van der Waals surface area contributed by atoms with Crippen molar-refractivity contribution in [3.8, 4) is 6.07 Å². The Kier molecular flexibility index (Phi) is 5.42. The van der Waals surface area contributed by atoms with Crippen molar-refractivity contribution >= 4 is 26.7 Å². The minimum Gasteiger partial charge on any atom is -0.368 e. The van der Waals surface area contributed by atoms with Gasteiger partial charge in [0, 0.05) is 5.41 Å². The summed E-state index contributed by atoms with van der Waals surface area (Å²) in [5.41, 5.74) is 5.78. The fourth-order valence-corrected chi connectivity index (χ4v) is 4.65. The lowest BCUT2D eigenvalue weighted by Crippen LogP contribution is -2.54. The summed E-state index contributed by atoms with van der Waals surface area (Å²) in [6, 6.07) is 19.6. The highest BCUT2D eigenvalue weighted by atomic mass is 32.2. The number of nitriles is 1. The minimum absolute atomic E-state index is 0.0538. The lowest BCUT2D eigenvalue weighted by Gasteiger charge is -2.33. The van der Waals surface area contributed by atoms with Crippen LogP contribution < -0.4 is 10.5 Å². The molecule has 0 aliphatic carbocycles. The van der Waals surface area contributed by atoms with Gasteiger partial charge < -0.3 is 5.73 Å². The van der Waals surface area contributed by atoms with Crippen molar-refractivity contribution in [2.24, 2.45) is 5.73 Å². The Morgan fingerprint density at radius 3 is 2.24 bits per heavy atom. The first kappa shape index (κ1) is 20.5. The fraction of sp³-hybridized carbons (Fsp3) is 0.182. The second-order valence-electron chi connectivity index (χ2n) is 7.38. The number of primary amides is 1. The Hall–Kier alpha value is -3.21. The van der Waals surface area contributed by atoms with Gasteiger partial charge >= 0.3 is 0 Å². The van der Waals surface area contributed by atoms with E-state index in [1.54, 1.807) is 50.2 Å². The summed E-state index contributed by atoms with van der Waals surface area (Å²) in [5, 5.41) is 10.7. The third-order valence-corrected chi connectivity index (χ3v) is 6.49. The molecule has 1 amide bonds. The molecular formula is C22H21N3O3S. The second-order valence-corrected chi connectivity index (χ2v) is 9.09. The van der Waals surface area contributed by atoms with E-state index in [1.807, 2.05) is 30.3 Å². The SMILES string of the molecule is CC(C)(c1ccc(C#N)cc1)C(NS(=O)(=O)c1ccc2ccccc2c1)C(N)=O. The summed E-state index contributed by atoms with van der Waals surface area (Å²) >= 11 is 0. The average molecular weight is 407 g/mol. The standard InChI is InChI=1S/C22H21N3O3S/c1-22(2,18-10-7-15(14-23)8-11-18)20(21(24)26)25-29(27,28)19-12-9-16-5-3-4-6-17(16)13-19/h3-13,20,25H,1-2H3,(H2,24,26). The third kappa shape index (κ3) is 4.14. The summed E-state index contributed by atoms with van der Waals surface area (Å²) in [6.45, 7) is 3.46. The number of fused-ring (bicyclic) bond motifs is 1. The van der Waals surface area contributed by atoms with Crippen molar-refractivity contribution in [2.75, 3.05) is 0 Å². The van der Waals surface area contributed by atoms with Gasteiger partial charge in [-0.05, 0) is 40.6 Å². The first-order valence-corrected chi connectivity index (χ1v) is 10.4. The highest BCUT2D eigenvalue weighted by Crippen LogP contribution is 2.29. The van der Waals surface area contributed by atoms with Crippen LogP contribution in [0.3, 0.4) is 0 Å². The van der Waals surface area contributed by atoms with Crippen molar-refractivity contribution in [3.63, 3.8) is 0 Å². The number of rotatable bonds is 6. The largest absolute Gasteiger partial charge is 0.368 e. The van der Waals surface area contributed by atoms with Crippen molar-refractivity contribution in [2.45, 2.75) is 30.2 Å². The van der Waals surface area contributed by atoms with Crippen LogP contribution >= 0.6 is 0 Å². The van der Waals surface area contributed by atoms with Crippen LogP contribution in [0.5, 0.6) is 0 Å². The zero-order valence-corrected chi connectivity index (χ0v) is 16.9. The van der Waals surface area contributed by atoms with E-state index >= 15 is 0 Å². The fourth-order valence-electron chi connectivity index (χ4n) is 3.26. The van der Waals surface area contributed by atoms with E-state index in [9.17, 15) is 13.2 Å². The maximum Gasteiger partial charge on any atom is 0.241 e. The van der Waals surface area contributed by atoms with Crippen LogP contribution in [0.15, 0.2) is 71.6 Å². The molecule has 7 heteroatoms. The van der Waals surface area contributed by atoms with Gasteiger partial charge in [-0.15, -0.1) is 0 Å². The molecule has 0 aliphatic rings. The van der Waals surface area contributed by atoms with E-state index in [0.29, 0.717) is 11.1 Å². The summed E-state index contributed by atoms with van der Waals surface area (Å²) in [4.78, 5) is 12.3. The topological polar surface area (TPSA) is 113 Å². The van der Waals surface area contributed by atoms with Gasteiger partial charge in [0.2, 0.25) is 15.9 Å². The van der Waals surface area contributed by atoms with Gasteiger partial charge in [-0.2, -0.15) is 9.98 Å². The third-order valence-electron chi connectivity index (χ3n) is 5.07. The number of carbonyl (C=O) groups is 1. The average Bonchev–Trinajstić information content (AvgIpc) is 2.71. The molecule has 0 heterocycles. The summed E-state index contributed by atoms with van der Waals surface area (Å²) < 4.78 is 28.5. The Labute approximate surface area is 170 Å². The Morgan fingerprint density at radius 2 is 1.66 bits per heavy atom. The molecular weight excluding hydrogens is 386 g/mol. The molecule has 3 N–H and O–H groups in total. The molecule has 0 radical (unpaired) electrons. The molecule has 6 nitrogen and oxygen atoms in total. The first-order valence-electron chi connectivity index (χ1n) is 8.96. The van der Waals surface area contributed by atoms with Gasteiger partial charge in [-0.3, -0.25) is 4.79 Å². The van der Waals surface area contributed by atoms with Gasteiger partial charge in [0.1, 0.15) is 6.04 Å². The molecule has 0 aliphatic heterocycles. The van der Waals surface area contributed by atoms with Crippen LogP contribution in [0, 0.1) is 11.3 Å². The number of nitrogens with two attached hydrogens (primary N) is 1. The van der Waals surface area contributed by atoms with Crippen LogP contribution in [-0.4, -0.2) is 20.4 Å². The monoisotopic (exact) mass is 407 g/mol. The predicted octanol–water partition coefficient (Wildman–Crippen LogP) is 2.82. The van der Waals surface area contributed by atoms with Gasteiger partial charge in [0.25, 0.3) is 0 Å². The summed E-state index contributed by atoms with van der Waals surface area (Å²) in [6.07, 6.45) is 0. The lowest BCUT2D eigenvalue weighted by molar-refractivity contribution is -0.120. The molecule has 1 atom stereocenters. The van der Waals surface area contributed by atoms with Gasteiger partial charge in [0.05, 0.1) is 16.5 Å². The minimum atomic E-state index is -4.00. The van der Waals surface area contributed by atoms with Crippen molar-refractivity contribution < 1.29 is 13.2 Å². The summed E-state index contributed by atoms with van der Waals surface area (Å²) in [5.74, 6) is -0.788. The Bertz CT molecular complexity index is 1210. The maximum absolute atomic E-state index is 13.0. The second kappa shape index (κ2) is 7.66. The van der Waals surface area contributed by atoms with E-state index in [1.165, 1.54) is 6.07 Å². The van der Waals surface area contributed by atoms with Gasteiger partial charge in [-0.25, -0.2) is 8.42 Å². The zero-order valence-electron chi connectivity index (χ0n) is 16.1. The smallest absolute Gasteiger partial charge is 0.241 e. The van der Waals surface area contributed by atoms with Crippen molar-refractivity contribution in [1.82, 2.24) is 4.72 Å². The van der Waals surface area contributed by atoms with Crippen LogP contribution in [0.25, 0.3) is 10.8 Å². The molecule has 3 rings (SSSR count). The molecule has 3 aromatic carbocycles.